The molecule has 1 aromatic carbocycles. The fourth-order valence-corrected chi connectivity index (χ4v) is 0.760. The summed E-state index contributed by atoms with van der Waals surface area (Å²) in [6.07, 6.45) is 0. The molecule has 1 rings (SSSR count). The summed E-state index contributed by atoms with van der Waals surface area (Å²) in [6, 6.07) is 7.60. The lowest BCUT2D eigenvalue weighted by atomic mass is 10.3. The van der Waals surface area contributed by atoms with Gasteiger partial charge >= 0.3 is 0 Å². The largest absolute Gasteiger partial charge is 0.400 e. The average molecular weight is 204 g/mol. The summed E-state index contributed by atoms with van der Waals surface area (Å²) in [5.41, 5.74) is 6.26. The minimum absolute atomic E-state index is 0.785. The van der Waals surface area contributed by atoms with Gasteiger partial charge < -0.3 is 10.8 Å². The minimum Gasteiger partial charge on any atom is -0.400 e. The zero-order valence-electron chi connectivity index (χ0n) is 5.71. The van der Waals surface area contributed by atoms with E-state index in [-0.39, 0.29) is 0 Å². The average Bonchev–Trinajstić information content (AvgIpc) is 2.00. The molecule has 0 spiro atoms. The molecule has 0 fully saturated rings. The first-order valence-electron chi connectivity index (χ1n) is 2.75. The van der Waals surface area contributed by atoms with Crippen molar-refractivity contribution in [3.05, 3.63) is 28.7 Å². The van der Waals surface area contributed by atoms with E-state index in [2.05, 4.69) is 15.9 Å². The maximum atomic E-state index is 7.00. The van der Waals surface area contributed by atoms with E-state index in [1.165, 1.54) is 0 Å². The van der Waals surface area contributed by atoms with Crippen molar-refractivity contribution in [1.29, 1.82) is 0 Å². The molecular formula is C7H10BrNO. The van der Waals surface area contributed by atoms with Gasteiger partial charge in [-0.1, -0.05) is 12.1 Å². The van der Waals surface area contributed by atoms with E-state index < -0.39 is 0 Å². The molecule has 0 amide bonds. The highest BCUT2D eigenvalue weighted by Gasteiger charge is 1.86. The molecule has 0 unspecified atom stereocenters. The van der Waals surface area contributed by atoms with Gasteiger partial charge in [0.1, 0.15) is 0 Å². The third kappa shape index (κ3) is 2.85. The zero-order valence-corrected chi connectivity index (χ0v) is 7.30. The second-order valence-corrected chi connectivity index (χ2v) is 2.38. The molecule has 0 aromatic heterocycles. The summed E-state index contributed by atoms with van der Waals surface area (Å²) in [7, 11) is 1.00. The predicted octanol–water partition coefficient (Wildman–Crippen LogP) is 1.64. The van der Waals surface area contributed by atoms with Crippen molar-refractivity contribution in [3.8, 4) is 0 Å². The Kier molecular flexibility index (Phi) is 4.98. The first-order valence-corrected chi connectivity index (χ1v) is 3.55. The van der Waals surface area contributed by atoms with Gasteiger partial charge in [0.15, 0.2) is 0 Å². The van der Waals surface area contributed by atoms with Gasteiger partial charge in [-0.3, -0.25) is 0 Å². The number of rotatable bonds is 0. The number of aliphatic hydroxyl groups excluding tert-OH is 1. The van der Waals surface area contributed by atoms with Crippen LogP contribution in [0.2, 0.25) is 0 Å². The Labute approximate surface area is 68.8 Å². The molecule has 0 atom stereocenters. The van der Waals surface area contributed by atoms with Crippen molar-refractivity contribution in [3.63, 3.8) is 0 Å². The number of hydrogen-bond donors (Lipinski definition) is 2. The first kappa shape index (κ1) is 9.46. The van der Waals surface area contributed by atoms with Crippen LogP contribution in [0, 0.1) is 0 Å². The van der Waals surface area contributed by atoms with Crippen molar-refractivity contribution >= 4 is 21.6 Å². The van der Waals surface area contributed by atoms with Gasteiger partial charge in [-0.15, -0.1) is 0 Å². The highest BCUT2D eigenvalue weighted by molar-refractivity contribution is 9.10. The van der Waals surface area contributed by atoms with Crippen LogP contribution in [0.25, 0.3) is 0 Å². The number of aliphatic hydroxyl groups is 1. The predicted molar refractivity (Wildman–Crippen MR) is 46.7 cm³/mol. The Morgan fingerprint density at radius 3 is 2.10 bits per heavy atom. The molecule has 56 valence electrons. The molecule has 0 bridgehead atoms. The van der Waals surface area contributed by atoms with Crippen LogP contribution in [0.3, 0.4) is 0 Å². The van der Waals surface area contributed by atoms with E-state index in [0.29, 0.717) is 0 Å². The minimum atomic E-state index is 0.785. The first-order chi connectivity index (χ1) is 4.80. The molecule has 10 heavy (non-hydrogen) atoms. The van der Waals surface area contributed by atoms with Crippen LogP contribution in [0.5, 0.6) is 0 Å². The normalized spacial score (nSPS) is 7.90. The maximum Gasteiger partial charge on any atom is 0.0458 e. The molecule has 1 aromatic rings. The molecule has 3 heteroatoms. The molecular weight excluding hydrogens is 194 g/mol. The van der Waals surface area contributed by atoms with Gasteiger partial charge in [0.25, 0.3) is 0 Å². The Morgan fingerprint density at radius 1 is 1.30 bits per heavy atom. The molecule has 0 aliphatic heterocycles. The summed E-state index contributed by atoms with van der Waals surface area (Å²) >= 11 is 3.27. The fraction of sp³-hybridized carbons (Fsp3) is 0.143. The van der Waals surface area contributed by atoms with Crippen LogP contribution in [-0.2, 0) is 0 Å². The number of para-hydroxylation sites is 1. The second kappa shape index (κ2) is 5.26. The molecule has 0 aliphatic rings. The number of benzene rings is 1. The lowest BCUT2D eigenvalue weighted by Crippen LogP contribution is -1.82. The lowest BCUT2D eigenvalue weighted by Gasteiger charge is -1.91. The smallest absolute Gasteiger partial charge is 0.0458 e. The van der Waals surface area contributed by atoms with Crippen LogP contribution in [0.1, 0.15) is 0 Å². The van der Waals surface area contributed by atoms with Gasteiger partial charge in [0.05, 0.1) is 0 Å². The van der Waals surface area contributed by atoms with E-state index >= 15 is 0 Å². The Morgan fingerprint density at radius 2 is 1.80 bits per heavy atom. The molecule has 0 saturated carbocycles. The zero-order chi connectivity index (χ0) is 7.98. The quantitative estimate of drug-likeness (QED) is 0.631. The highest BCUT2D eigenvalue weighted by atomic mass is 79.9. The third-order valence-electron chi connectivity index (χ3n) is 0.905. The van der Waals surface area contributed by atoms with Crippen LogP contribution in [0.4, 0.5) is 5.69 Å². The van der Waals surface area contributed by atoms with Crippen molar-refractivity contribution in [2.24, 2.45) is 0 Å². The number of halogens is 1. The number of nitrogen functional groups attached to an aromatic ring is 1. The monoisotopic (exact) mass is 203 g/mol. The van der Waals surface area contributed by atoms with E-state index in [0.717, 1.165) is 17.3 Å². The summed E-state index contributed by atoms with van der Waals surface area (Å²) in [6.45, 7) is 0. The van der Waals surface area contributed by atoms with Crippen molar-refractivity contribution in [2.45, 2.75) is 0 Å². The Bertz CT molecular complexity index is 170. The molecule has 0 heterocycles. The van der Waals surface area contributed by atoms with E-state index in [1.807, 2.05) is 24.3 Å². The Hall–Kier alpha value is -0.540. The van der Waals surface area contributed by atoms with E-state index in [4.69, 9.17) is 10.8 Å². The number of anilines is 1. The van der Waals surface area contributed by atoms with E-state index in [1.54, 1.807) is 0 Å². The van der Waals surface area contributed by atoms with E-state index in [9.17, 15) is 0 Å². The van der Waals surface area contributed by atoms with Gasteiger partial charge in [-0.05, 0) is 28.1 Å². The SMILES string of the molecule is CO.Nc1ccccc1Br. The van der Waals surface area contributed by atoms with Gasteiger partial charge in [-0.25, -0.2) is 0 Å². The van der Waals surface area contributed by atoms with Crippen molar-refractivity contribution < 1.29 is 5.11 Å². The third-order valence-corrected chi connectivity index (χ3v) is 1.63. The van der Waals surface area contributed by atoms with Crippen LogP contribution < -0.4 is 5.73 Å². The topological polar surface area (TPSA) is 46.2 Å². The van der Waals surface area contributed by atoms with Crippen molar-refractivity contribution in [2.75, 3.05) is 12.8 Å². The van der Waals surface area contributed by atoms with Gasteiger partial charge in [0, 0.05) is 17.3 Å². The molecule has 3 N–H and O–H groups in total. The number of hydrogen-bond acceptors (Lipinski definition) is 2. The summed E-state index contributed by atoms with van der Waals surface area (Å²) < 4.78 is 0.958. The van der Waals surface area contributed by atoms with Crippen LogP contribution in [-0.4, -0.2) is 12.2 Å². The van der Waals surface area contributed by atoms with Crippen LogP contribution in [0.15, 0.2) is 28.7 Å². The standard InChI is InChI=1S/C6H6BrN.CH4O/c7-5-3-1-2-4-6(5)8;1-2/h1-4H,8H2;2H,1H3. The summed E-state index contributed by atoms with van der Waals surface area (Å²) in [5.74, 6) is 0. The highest BCUT2D eigenvalue weighted by Crippen LogP contribution is 2.16. The Balaban J connectivity index is 0.000000371. The number of nitrogens with two attached hydrogens (primary N) is 1. The second-order valence-electron chi connectivity index (χ2n) is 1.52. The summed E-state index contributed by atoms with van der Waals surface area (Å²) in [5, 5.41) is 7.00. The maximum absolute atomic E-state index is 7.00. The van der Waals surface area contributed by atoms with Crippen molar-refractivity contribution in [1.82, 2.24) is 0 Å². The molecule has 0 saturated heterocycles. The van der Waals surface area contributed by atoms with Gasteiger partial charge in [-0.2, -0.15) is 0 Å². The lowest BCUT2D eigenvalue weighted by molar-refractivity contribution is 0.399. The van der Waals surface area contributed by atoms with Crippen LogP contribution >= 0.6 is 15.9 Å². The summed E-state index contributed by atoms with van der Waals surface area (Å²) in [4.78, 5) is 0. The molecule has 2 nitrogen and oxygen atoms in total. The molecule has 0 radical (unpaired) electrons. The fourth-order valence-electron chi connectivity index (χ4n) is 0.475. The van der Waals surface area contributed by atoms with Gasteiger partial charge in [0.2, 0.25) is 0 Å². The molecule has 0 aliphatic carbocycles.